The highest BCUT2D eigenvalue weighted by Gasteiger charge is 2.03. The minimum absolute atomic E-state index is 0.804. The molecular formula is C13H13Br2N3. The maximum absolute atomic E-state index is 4.48. The Morgan fingerprint density at radius 1 is 1.17 bits per heavy atom. The molecule has 1 heterocycles. The third kappa shape index (κ3) is 3.78. The van der Waals surface area contributed by atoms with Crippen LogP contribution in [0.5, 0.6) is 0 Å². The van der Waals surface area contributed by atoms with E-state index in [2.05, 4.69) is 54.1 Å². The van der Waals surface area contributed by atoms with Gasteiger partial charge < -0.3 is 5.32 Å². The summed E-state index contributed by atoms with van der Waals surface area (Å²) in [5, 5.41) is 3.27. The Kier molecular flexibility index (Phi) is 4.72. The Labute approximate surface area is 123 Å². The average Bonchev–Trinajstić information content (AvgIpc) is 2.28. The lowest BCUT2D eigenvalue weighted by Crippen LogP contribution is -2.00. The molecule has 2 rings (SSSR count). The topological polar surface area (TPSA) is 37.8 Å². The van der Waals surface area contributed by atoms with Crippen LogP contribution in [0.25, 0.3) is 0 Å². The number of rotatable bonds is 4. The van der Waals surface area contributed by atoms with E-state index in [4.69, 9.17) is 0 Å². The summed E-state index contributed by atoms with van der Waals surface area (Å²) in [6.45, 7) is 2.12. The number of benzene rings is 1. The van der Waals surface area contributed by atoms with Crippen molar-refractivity contribution < 1.29 is 0 Å². The van der Waals surface area contributed by atoms with E-state index in [9.17, 15) is 0 Å². The summed E-state index contributed by atoms with van der Waals surface area (Å²) in [4.78, 5) is 8.82. The zero-order valence-corrected chi connectivity index (χ0v) is 13.1. The fourth-order valence-electron chi connectivity index (χ4n) is 1.58. The van der Waals surface area contributed by atoms with Crippen molar-refractivity contribution >= 4 is 43.4 Å². The van der Waals surface area contributed by atoms with Gasteiger partial charge in [0.2, 0.25) is 0 Å². The van der Waals surface area contributed by atoms with E-state index in [1.807, 2.05) is 30.3 Å². The van der Waals surface area contributed by atoms with Crippen molar-refractivity contribution in [3.05, 3.63) is 45.2 Å². The van der Waals surface area contributed by atoms with Gasteiger partial charge in [0.05, 0.1) is 0 Å². The normalized spacial score (nSPS) is 10.4. The molecule has 0 unspecified atom stereocenters. The zero-order valence-electron chi connectivity index (χ0n) is 9.95. The van der Waals surface area contributed by atoms with E-state index in [1.165, 1.54) is 0 Å². The van der Waals surface area contributed by atoms with Gasteiger partial charge in [0, 0.05) is 22.6 Å². The fourth-order valence-corrected chi connectivity index (χ4v) is 2.40. The number of anilines is 2. The van der Waals surface area contributed by atoms with E-state index in [-0.39, 0.29) is 0 Å². The summed E-state index contributed by atoms with van der Waals surface area (Å²) >= 11 is 6.86. The van der Waals surface area contributed by atoms with Gasteiger partial charge in [-0.3, -0.25) is 0 Å². The lowest BCUT2D eigenvalue weighted by molar-refractivity contribution is 0.831. The van der Waals surface area contributed by atoms with Gasteiger partial charge in [-0.15, -0.1) is 0 Å². The molecule has 0 amide bonds. The molecule has 0 aliphatic carbocycles. The molecule has 0 bridgehead atoms. The van der Waals surface area contributed by atoms with Crippen molar-refractivity contribution in [2.75, 3.05) is 5.32 Å². The van der Waals surface area contributed by atoms with Gasteiger partial charge in [-0.05, 0) is 40.5 Å². The minimum atomic E-state index is 0.804. The average molecular weight is 371 g/mol. The van der Waals surface area contributed by atoms with Gasteiger partial charge in [0.25, 0.3) is 0 Å². The second-order valence-corrected chi connectivity index (χ2v) is 5.61. The largest absolute Gasteiger partial charge is 0.340 e. The molecule has 1 aromatic carbocycles. The Bertz CT molecular complexity index is 544. The van der Waals surface area contributed by atoms with Crippen LogP contribution in [0.3, 0.4) is 0 Å². The third-order valence-electron chi connectivity index (χ3n) is 2.31. The van der Waals surface area contributed by atoms with Crippen LogP contribution in [0.4, 0.5) is 11.5 Å². The van der Waals surface area contributed by atoms with Gasteiger partial charge in [-0.2, -0.15) is 0 Å². The first-order valence-corrected chi connectivity index (χ1v) is 7.32. The molecule has 2 aromatic rings. The number of aryl methyl sites for hydroxylation is 1. The van der Waals surface area contributed by atoms with E-state index in [1.54, 1.807) is 0 Å². The smallest absolute Gasteiger partial charge is 0.135 e. The number of hydrogen-bond acceptors (Lipinski definition) is 3. The van der Waals surface area contributed by atoms with Crippen LogP contribution < -0.4 is 5.32 Å². The molecule has 0 saturated carbocycles. The summed E-state index contributed by atoms with van der Waals surface area (Å²) in [5.41, 5.74) is 0.998. The minimum Gasteiger partial charge on any atom is -0.340 e. The van der Waals surface area contributed by atoms with Crippen LogP contribution in [0.1, 0.15) is 19.2 Å². The van der Waals surface area contributed by atoms with Gasteiger partial charge >= 0.3 is 0 Å². The molecule has 0 aliphatic rings. The molecule has 0 spiro atoms. The van der Waals surface area contributed by atoms with Crippen LogP contribution in [-0.4, -0.2) is 9.97 Å². The Hall–Kier alpha value is -0.940. The van der Waals surface area contributed by atoms with Crippen molar-refractivity contribution in [2.24, 2.45) is 0 Å². The molecule has 0 saturated heterocycles. The summed E-state index contributed by atoms with van der Waals surface area (Å²) in [5.74, 6) is 1.66. The van der Waals surface area contributed by atoms with Crippen molar-refractivity contribution in [2.45, 2.75) is 19.8 Å². The predicted molar refractivity (Wildman–Crippen MR) is 81.2 cm³/mol. The predicted octanol–water partition coefficient (Wildman–Crippen LogP) is 4.70. The highest BCUT2D eigenvalue weighted by Crippen LogP contribution is 2.21. The van der Waals surface area contributed by atoms with Crippen molar-refractivity contribution in [3.8, 4) is 0 Å². The monoisotopic (exact) mass is 369 g/mol. The molecule has 5 heteroatoms. The van der Waals surface area contributed by atoms with E-state index >= 15 is 0 Å². The van der Waals surface area contributed by atoms with Crippen LogP contribution in [0, 0.1) is 0 Å². The summed E-state index contributed by atoms with van der Waals surface area (Å²) in [6.07, 6.45) is 1.92. The maximum atomic E-state index is 4.48. The fraction of sp³-hybridized carbons (Fsp3) is 0.231. The SMILES string of the molecule is CCCc1nc(Br)cc(Nc2cccc(Br)c2)n1. The molecule has 1 N–H and O–H groups in total. The van der Waals surface area contributed by atoms with Gasteiger partial charge in [0.15, 0.2) is 0 Å². The van der Waals surface area contributed by atoms with Crippen LogP contribution in [-0.2, 0) is 6.42 Å². The van der Waals surface area contributed by atoms with E-state index in [0.717, 1.165) is 39.2 Å². The highest BCUT2D eigenvalue weighted by atomic mass is 79.9. The molecular weight excluding hydrogens is 358 g/mol. The molecule has 94 valence electrons. The first-order valence-electron chi connectivity index (χ1n) is 5.73. The Morgan fingerprint density at radius 2 is 2.00 bits per heavy atom. The Morgan fingerprint density at radius 3 is 2.72 bits per heavy atom. The molecule has 1 aromatic heterocycles. The Balaban J connectivity index is 2.23. The zero-order chi connectivity index (χ0) is 13.0. The van der Waals surface area contributed by atoms with Crippen molar-refractivity contribution in [3.63, 3.8) is 0 Å². The van der Waals surface area contributed by atoms with Crippen LogP contribution in [0.15, 0.2) is 39.4 Å². The van der Waals surface area contributed by atoms with Crippen molar-refractivity contribution in [1.29, 1.82) is 0 Å². The quantitative estimate of drug-likeness (QED) is 0.792. The summed E-state index contributed by atoms with van der Waals surface area (Å²) in [6, 6.07) is 9.86. The van der Waals surface area contributed by atoms with Crippen LogP contribution in [0.2, 0.25) is 0 Å². The standard InChI is InChI=1S/C13H13Br2N3/c1-2-4-12-17-11(15)8-13(18-12)16-10-6-3-5-9(14)7-10/h3,5-8H,2,4H2,1H3,(H,16,17,18). The molecule has 0 radical (unpaired) electrons. The number of nitrogens with zero attached hydrogens (tertiary/aromatic N) is 2. The third-order valence-corrected chi connectivity index (χ3v) is 3.21. The lowest BCUT2D eigenvalue weighted by Gasteiger charge is -2.08. The summed E-state index contributed by atoms with van der Waals surface area (Å²) < 4.78 is 1.84. The molecule has 0 aliphatic heterocycles. The van der Waals surface area contributed by atoms with Crippen LogP contribution >= 0.6 is 31.9 Å². The van der Waals surface area contributed by atoms with Gasteiger partial charge in [0.1, 0.15) is 16.2 Å². The van der Waals surface area contributed by atoms with E-state index < -0.39 is 0 Å². The second kappa shape index (κ2) is 6.29. The van der Waals surface area contributed by atoms with E-state index in [0.29, 0.717) is 0 Å². The molecule has 3 nitrogen and oxygen atoms in total. The highest BCUT2D eigenvalue weighted by molar-refractivity contribution is 9.10. The molecule has 0 atom stereocenters. The number of hydrogen-bond donors (Lipinski definition) is 1. The number of aromatic nitrogens is 2. The maximum Gasteiger partial charge on any atom is 0.135 e. The van der Waals surface area contributed by atoms with Crippen molar-refractivity contribution in [1.82, 2.24) is 9.97 Å². The first kappa shape index (κ1) is 13.5. The van der Waals surface area contributed by atoms with Gasteiger partial charge in [-0.25, -0.2) is 9.97 Å². The number of nitrogens with one attached hydrogen (secondary N) is 1. The molecule has 18 heavy (non-hydrogen) atoms. The lowest BCUT2D eigenvalue weighted by atomic mass is 10.3. The first-order chi connectivity index (χ1) is 8.67. The second-order valence-electron chi connectivity index (χ2n) is 3.88. The van der Waals surface area contributed by atoms with Gasteiger partial charge in [-0.1, -0.05) is 28.9 Å². The summed E-state index contributed by atoms with van der Waals surface area (Å²) in [7, 11) is 0. The number of halogens is 2. The molecule has 0 fully saturated rings.